The van der Waals surface area contributed by atoms with Gasteiger partial charge in [0.15, 0.2) is 5.96 Å². The quantitative estimate of drug-likeness (QED) is 0.390. The van der Waals surface area contributed by atoms with Crippen LogP contribution in [-0.4, -0.2) is 31.1 Å². The fraction of sp³-hybridized carbons (Fsp3) is 0.375. The highest BCUT2D eigenvalue weighted by atomic mass is 127. The van der Waals surface area contributed by atoms with Crippen molar-refractivity contribution in [1.82, 2.24) is 15.6 Å². The van der Waals surface area contributed by atoms with E-state index in [-0.39, 0.29) is 24.0 Å². The average Bonchev–Trinajstić information content (AvgIpc) is 2.93. The highest BCUT2D eigenvalue weighted by Crippen LogP contribution is 2.14. The Hall–Kier alpha value is -0.860. The van der Waals surface area contributed by atoms with E-state index in [0.717, 1.165) is 53.2 Å². The van der Waals surface area contributed by atoms with E-state index in [2.05, 4.69) is 26.0 Å². The summed E-state index contributed by atoms with van der Waals surface area (Å²) in [7, 11) is 1.78. The van der Waals surface area contributed by atoms with Crippen LogP contribution in [0.15, 0.2) is 34.6 Å². The first kappa shape index (κ1) is 20.2. The van der Waals surface area contributed by atoms with Gasteiger partial charge in [-0.05, 0) is 25.0 Å². The predicted molar refractivity (Wildman–Crippen MR) is 110 cm³/mol. The molecule has 0 fully saturated rings. The largest absolute Gasteiger partial charge is 0.356 e. The van der Waals surface area contributed by atoms with Crippen LogP contribution in [0.25, 0.3) is 0 Å². The van der Waals surface area contributed by atoms with E-state index in [4.69, 9.17) is 11.6 Å². The molecule has 126 valence electrons. The van der Waals surface area contributed by atoms with Gasteiger partial charge >= 0.3 is 0 Å². The first-order valence-electron chi connectivity index (χ1n) is 7.28. The SMILES string of the molecule is CN=C(NCCc1csc(C)n1)NCCc1ccccc1Cl.I. The number of aromatic nitrogens is 1. The Balaban J connectivity index is 0.00000264. The molecule has 1 aromatic heterocycles. The molecule has 0 atom stereocenters. The van der Waals surface area contributed by atoms with Gasteiger partial charge in [0.05, 0.1) is 10.7 Å². The van der Waals surface area contributed by atoms with Crippen molar-refractivity contribution >= 4 is 52.9 Å². The van der Waals surface area contributed by atoms with Crippen molar-refractivity contribution in [2.24, 2.45) is 4.99 Å². The van der Waals surface area contributed by atoms with Crippen molar-refractivity contribution in [3.8, 4) is 0 Å². The van der Waals surface area contributed by atoms with Crippen LogP contribution >= 0.6 is 46.9 Å². The molecule has 23 heavy (non-hydrogen) atoms. The lowest BCUT2D eigenvalue weighted by Gasteiger charge is -2.11. The molecular weight excluding hydrogens is 443 g/mol. The van der Waals surface area contributed by atoms with Gasteiger partial charge in [-0.2, -0.15) is 0 Å². The Morgan fingerprint density at radius 2 is 1.91 bits per heavy atom. The van der Waals surface area contributed by atoms with Crippen molar-refractivity contribution in [3.63, 3.8) is 0 Å². The number of aliphatic imine (C=N–C) groups is 1. The summed E-state index contributed by atoms with van der Waals surface area (Å²) in [6, 6.07) is 7.91. The van der Waals surface area contributed by atoms with Crippen LogP contribution in [-0.2, 0) is 12.8 Å². The molecule has 0 aliphatic rings. The lowest BCUT2D eigenvalue weighted by molar-refractivity contribution is 0.777. The van der Waals surface area contributed by atoms with Gasteiger partial charge < -0.3 is 10.6 Å². The maximum absolute atomic E-state index is 6.15. The molecule has 0 saturated carbocycles. The molecule has 0 aliphatic heterocycles. The normalized spacial score (nSPS) is 11.0. The Bertz CT molecular complexity index is 630. The van der Waals surface area contributed by atoms with E-state index in [1.807, 2.05) is 31.2 Å². The number of thiazole rings is 1. The highest BCUT2D eigenvalue weighted by molar-refractivity contribution is 14.0. The van der Waals surface area contributed by atoms with E-state index >= 15 is 0 Å². The minimum Gasteiger partial charge on any atom is -0.356 e. The second-order valence-corrected chi connectivity index (χ2v) is 6.34. The summed E-state index contributed by atoms with van der Waals surface area (Å²) in [5.41, 5.74) is 2.27. The van der Waals surface area contributed by atoms with Crippen molar-refractivity contribution in [2.75, 3.05) is 20.1 Å². The summed E-state index contributed by atoms with van der Waals surface area (Å²) < 4.78 is 0. The monoisotopic (exact) mass is 464 g/mol. The topological polar surface area (TPSA) is 49.3 Å². The molecule has 0 amide bonds. The predicted octanol–water partition coefficient (Wildman–Crippen LogP) is 3.67. The Morgan fingerprint density at radius 3 is 2.52 bits per heavy atom. The van der Waals surface area contributed by atoms with Gasteiger partial charge in [-0.3, -0.25) is 4.99 Å². The summed E-state index contributed by atoms with van der Waals surface area (Å²) in [6.07, 6.45) is 1.77. The van der Waals surface area contributed by atoms with Crippen LogP contribution in [0.5, 0.6) is 0 Å². The number of benzene rings is 1. The van der Waals surface area contributed by atoms with Gasteiger partial charge in [-0.15, -0.1) is 35.3 Å². The number of guanidine groups is 1. The smallest absolute Gasteiger partial charge is 0.190 e. The molecule has 7 heteroatoms. The fourth-order valence-corrected chi connectivity index (χ4v) is 2.95. The van der Waals surface area contributed by atoms with Crippen molar-refractivity contribution in [3.05, 3.63) is 50.9 Å². The maximum Gasteiger partial charge on any atom is 0.190 e. The second kappa shape index (κ2) is 10.8. The first-order chi connectivity index (χ1) is 10.7. The van der Waals surface area contributed by atoms with E-state index in [9.17, 15) is 0 Å². The van der Waals surface area contributed by atoms with Crippen LogP contribution in [0.3, 0.4) is 0 Å². The number of rotatable bonds is 6. The van der Waals surface area contributed by atoms with Crippen LogP contribution < -0.4 is 10.6 Å². The molecule has 4 nitrogen and oxygen atoms in total. The van der Waals surface area contributed by atoms with Crippen LogP contribution in [0.1, 0.15) is 16.3 Å². The maximum atomic E-state index is 6.15. The minimum absolute atomic E-state index is 0. The lowest BCUT2D eigenvalue weighted by atomic mass is 10.1. The van der Waals surface area contributed by atoms with Gasteiger partial charge in [0, 0.05) is 37.0 Å². The van der Waals surface area contributed by atoms with Gasteiger partial charge in [0.1, 0.15) is 0 Å². The van der Waals surface area contributed by atoms with Crippen molar-refractivity contribution in [2.45, 2.75) is 19.8 Å². The van der Waals surface area contributed by atoms with Gasteiger partial charge in [-0.25, -0.2) is 4.98 Å². The number of nitrogens with one attached hydrogen (secondary N) is 2. The zero-order chi connectivity index (χ0) is 15.8. The number of nitrogens with zero attached hydrogens (tertiary/aromatic N) is 2. The third-order valence-corrected chi connectivity index (χ3v) is 4.40. The Morgan fingerprint density at radius 1 is 1.22 bits per heavy atom. The molecule has 2 N–H and O–H groups in total. The summed E-state index contributed by atoms with van der Waals surface area (Å²) >= 11 is 7.83. The molecule has 0 radical (unpaired) electrons. The van der Waals surface area contributed by atoms with E-state index < -0.39 is 0 Å². The molecule has 2 rings (SSSR count). The van der Waals surface area contributed by atoms with Gasteiger partial charge in [0.25, 0.3) is 0 Å². The first-order valence-corrected chi connectivity index (χ1v) is 8.53. The van der Waals surface area contributed by atoms with E-state index in [1.165, 1.54) is 0 Å². The Labute approximate surface area is 163 Å². The average molecular weight is 465 g/mol. The molecule has 1 aromatic carbocycles. The van der Waals surface area contributed by atoms with Crippen LogP contribution in [0, 0.1) is 6.92 Å². The standard InChI is InChI=1S/C16H21ClN4S.HI/c1-12-21-14(11-22-12)8-10-20-16(18-2)19-9-7-13-5-3-4-6-15(13)17;/h3-6,11H,7-10H2,1-2H3,(H2,18,19,20);1H. The molecule has 0 bridgehead atoms. The molecule has 0 saturated heterocycles. The summed E-state index contributed by atoms with van der Waals surface area (Å²) in [6.45, 7) is 3.63. The summed E-state index contributed by atoms with van der Waals surface area (Å²) in [5, 5.41) is 10.6. The summed E-state index contributed by atoms with van der Waals surface area (Å²) in [4.78, 5) is 8.67. The fourth-order valence-electron chi connectivity index (χ4n) is 2.07. The lowest BCUT2D eigenvalue weighted by Crippen LogP contribution is -2.39. The third-order valence-electron chi connectivity index (χ3n) is 3.21. The van der Waals surface area contributed by atoms with Crippen LogP contribution in [0.2, 0.25) is 5.02 Å². The number of hydrogen-bond acceptors (Lipinski definition) is 3. The second-order valence-electron chi connectivity index (χ2n) is 4.88. The molecular formula is C16H22ClIN4S. The highest BCUT2D eigenvalue weighted by Gasteiger charge is 2.02. The minimum atomic E-state index is 0. The van der Waals surface area contributed by atoms with Crippen molar-refractivity contribution in [1.29, 1.82) is 0 Å². The number of hydrogen-bond donors (Lipinski definition) is 2. The molecule has 0 aliphatic carbocycles. The van der Waals surface area contributed by atoms with Crippen molar-refractivity contribution < 1.29 is 0 Å². The third kappa shape index (κ3) is 7.05. The van der Waals surface area contributed by atoms with E-state index in [0.29, 0.717) is 0 Å². The number of halogens is 2. The molecule has 1 heterocycles. The zero-order valence-electron chi connectivity index (χ0n) is 13.3. The Kier molecular flexibility index (Phi) is 9.50. The number of aryl methyl sites for hydroxylation is 1. The van der Waals surface area contributed by atoms with Gasteiger partial charge in [-0.1, -0.05) is 29.8 Å². The molecule has 0 spiro atoms. The zero-order valence-corrected chi connectivity index (χ0v) is 17.2. The molecule has 2 aromatic rings. The van der Waals surface area contributed by atoms with Gasteiger partial charge in [0.2, 0.25) is 0 Å². The summed E-state index contributed by atoms with van der Waals surface area (Å²) in [5.74, 6) is 0.805. The molecule has 0 unspecified atom stereocenters. The van der Waals surface area contributed by atoms with E-state index in [1.54, 1.807) is 18.4 Å². The van der Waals surface area contributed by atoms with Crippen LogP contribution in [0.4, 0.5) is 0 Å².